The molecule has 1 fully saturated rings. The van der Waals surface area contributed by atoms with Gasteiger partial charge in [0.25, 0.3) is 0 Å². The second-order valence-corrected chi connectivity index (χ2v) is 21.2. The van der Waals surface area contributed by atoms with Crippen molar-refractivity contribution in [2.45, 2.75) is 262 Å². The van der Waals surface area contributed by atoms with Gasteiger partial charge in [0, 0.05) is 13.0 Å². The lowest BCUT2D eigenvalue weighted by molar-refractivity contribution is -0.220. The zero-order valence-electron chi connectivity index (χ0n) is 46.1. The van der Waals surface area contributed by atoms with Crippen molar-refractivity contribution in [3.8, 4) is 0 Å². The number of carbonyl (C=O) groups is 1. The molecule has 1 aliphatic carbocycles. The number of phosphoric acid groups is 1. The van der Waals surface area contributed by atoms with E-state index in [0.717, 1.165) is 89.9 Å². The number of carbonyl (C=O) groups excluding carboxylic acids is 1. The van der Waals surface area contributed by atoms with E-state index in [1.807, 2.05) is 0 Å². The summed E-state index contributed by atoms with van der Waals surface area (Å²) in [7, 11) is -5.04. The van der Waals surface area contributed by atoms with Gasteiger partial charge in [-0.2, -0.15) is 0 Å². The molecule has 0 bridgehead atoms. The molecule has 0 heterocycles. The normalized spacial score (nSPS) is 21.1. The molecule has 1 rings (SSSR count). The number of esters is 1. The highest BCUT2D eigenvalue weighted by molar-refractivity contribution is 7.47. The maximum atomic E-state index is 12.9. The Kier molecular flexibility index (Phi) is 46.6. The van der Waals surface area contributed by atoms with Gasteiger partial charge < -0.3 is 39.9 Å². The first-order valence-electron chi connectivity index (χ1n) is 29.1. The van der Waals surface area contributed by atoms with Gasteiger partial charge in [-0.3, -0.25) is 13.8 Å². The van der Waals surface area contributed by atoms with E-state index >= 15 is 0 Å². The van der Waals surface area contributed by atoms with Gasteiger partial charge >= 0.3 is 13.8 Å². The van der Waals surface area contributed by atoms with Crippen molar-refractivity contribution in [2.24, 2.45) is 0 Å². The zero-order valence-corrected chi connectivity index (χ0v) is 47.0. The van der Waals surface area contributed by atoms with Crippen LogP contribution in [0, 0.1) is 0 Å². The summed E-state index contributed by atoms with van der Waals surface area (Å²) in [6.07, 6.45) is 57.6. The van der Waals surface area contributed by atoms with Crippen LogP contribution < -0.4 is 0 Å². The second kappa shape index (κ2) is 49.8. The fraction of sp³-hybridized carbons (Fsp3) is 0.721. The van der Waals surface area contributed by atoms with Crippen LogP contribution in [0.3, 0.4) is 0 Å². The minimum Gasteiger partial charge on any atom is -0.457 e. The van der Waals surface area contributed by atoms with E-state index in [1.54, 1.807) is 0 Å². The summed E-state index contributed by atoms with van der Waals surface area (Å²) in [4.78, 5) is 23.3. The summed E-state index contributed by atoms with van der Waals surface area (Å²) in [5.74, 6) is -0.503. The summed E-state index contributed by atoms with van der Waals surface area (Å²) in [6, 6.07) is 0. The SMILES string of the molecule is CC/C=C\C/C=C\C/C=C\C/C=C\C/C=C\C/C=C\CCCCCCC(=O)OC(COCCCCCCCCCCCCCC/C=C\C/C=C\CCCCCCC)COP(=O)(O)OC1C(O)C(O)C(O)C(O)C1O. The van der Waals surface area contributed by atoms with E-state index in [9.17, 15) is 39.8 Å². The van der Waals surface area contributed by atoms with Crippen LogP contribution in [0.2, 0.25) is 0 Å². The first-order chi connectivity index (χ1) is 36.0. The minimum absolute atomic E-state index is 0.0936. The maximum Gasteiger partial charge on any atom is 0.472 e. The number of hydrogen-bond donors (Lipinski definition) is 6. The molecule has 426 valence electrons. The summed E-state index contributed by atoms with van der Waals surface area (Å²) in [6.45, 7) is 4.12. The molecule has 0 aliphatic heterocycles. The number of rotatable bonds is 49. The van der Waals surface area contributed by atoms with Crippen LogP contribution in [-0.4, -0.2) is 98.9 Å². The molecule has 1 aliphatic rings. The molecule has 12 nitrogen and oxygen atoms in total. The van der Waals surface area contributed by atoms with Gasteiger partial charge in [0.2, 0.25) is 0 Å². The molecular formula is C61H105O12P. The average Bonchev–Trinajstić information content (AvgIpc) is 3.39. The summed E-state index contributed by atoms with van der Waals surface area (Å²) in [5.41, 5.74) is 0. The Morgan fingerprint density at radius 3 is 1.22 bits per heavy atom. The van der Waals surface area contributed by atoms with E-state index in [2.05, 4.69) is 111 Å². The lowest BCUT2D eigenvalue weighted by Gasteiger charge is -2.41. The summed E-state index contributed by atoms with van der Waals surface area (Å²) < 4.78 is 34.4. The number of allylic oxidation sites excluding steroid dienone is 16. The molecule has 13 heteroatoms. The minimum atomic E-state index is -5.04. The molecular weight excluding hydrogens is 956 g/mol. The Balaban J connectivity index is 2.32. The summed E-state index contributed by atoms with van der Waals surface area (Å²) >= 11 is 0. The van der Waals surface area contributed by atoms with Crippen LogP contribution in [0.4, 0.5) is 0 Å². The van der Waals surface area contributed by atoms with Crippen molar-refractivity contribution < 1.29 is 58.3 Å². The van der Waals surface area contributed by atoms with Crippen molar-refractivity contribution in [3.63, 3.8) is 0 Å². The molecule has 74 heavy (non-hydrogen) atoms. The molecule has 0 aromatic rings. The number of unbranched alkanes of at least 4 members (excludes halogenated alkanes) is 21. The van der Waals surface area contributed by atoms with Crippen molar-refractivity contribution in [1.29, 1.82) is 0 Å². The smallest absolute Gasteiger partial charge is 0.457 e. The van der Waals surface area contributed by atoms with Gasteiger partial charge in [-0.25, -0.2) is 4.57 Å². The Morgan fingerprint density at radius 1 is 0.446 bits per heavy atom. The topological polar surface area (TPSA) is 192 Å². The molecule has 0 radical (unpaired) electrons. The van der Waals surface area contributed by atoms with Crippen LogP contribution in [0.1, 0.15) is 219 Å². The predicted octanol–water partition coefficient (Wildman–Crippen LogP) is 14.2. The molecule has 6 N–H and O–H groups in total. The molecule has 0 saturated heterocycles. The predicted molar refractivity (Wildman–Crippen MR) is 304 cm³/mol. The van der Waals surface area contributed by atoms with Crippen LogP contribution in [0.15, 0.2) is 97.2 Å². The monoisotopic (exact) mass is 1060 g/mol. The van der Waals surface area contributed by atoms with Crippen molar-refractivity contribution in [2.75, 3.05) is 19.8 Å². The van der Waals surface area contributed by atoms with Crippen LogP contribution in [-0.2, 0) is 27.9 Å². The maximum absolute atomic E-state index is 12.9. The van der Waals surface area contributed by atoms with Crippen LogP contribution in [0.25, 0.3) is 0 Å². The highest BCUT2D eigenvalue weighted by Crippen LogP contribution is 2.47. The van der Waals surface area contributed by atoms with Crippen LogP contribution >= 0.6 is 7.82 Å². The van der Waals surface area contributed by atoms with Gasteiger partial charge in [0.15, 0.2) is 0 Å². The Hall–Kier alpha value is -2.74. The largest absolute Gasteiger partial charge is 0.472 e. The Morgan fingerprint density at radius 2 is 0.797 bits per heavy atom. The fourth-order valence-corrected chi connectivity index (χ4v) is 9.36. The van der Waals surface area contributed by atoms with Crippen molar-refractivity contribution >= 4 is 13.8 Å². The number of phosphoric ester groups is 1. The molecule has 1 saturated carbocycles. The van der Waals surface area contributed by atoms with Gasteiger partial charge in [-0.1, -0.05) is 214 Å². The van der Waals surface area contributed by atoms with E-state index < -0.39 is 63.1 Å². The average molecular weight is 1060 g/mol. The fourth-order valence-electron chi connectivity index (χ4n) is 8.39. The van der Waals surface area contributed by atoms with E-state index in [1.165, 1.54) is 103 Å². The van der Waals surface area contributed by atoms with E-state index in [0.29, 0.717) is 13.0 Å². The molecule has 0 aromatic heterocycles. The number of aliphatic hydroxyl groups excluding tert-OH is 5. The van der Waals surface area contributed by atoms with Crippen molar-refractivity contribution in [3.05, 3.63) is 97.2 Å². The second-order valence-electron chi connectivity index (χ2n) is 19.8. The van der Waals surface area contributed by atoms with E-state index in [-0.39, 0.29) is 13.0 Å². The lowest BCUT2D eigenvalue weighted by atomic mass is 9.85. The van der Waals surface area contributed by atoms with E-state index in [4.69, 9.17) is 18.5 Å². The standard InChI is InChI=1S/C61H105O12P/c1-3-5-7-9-11-13-15-17-19-21-23-25-27-29-31-33-35-37-39-41-43-45-47-49-51-70-52-54(53-71-74(68,69)73-61-59(66)57(64)56(63)58(65)60(61)67)72-55(62)50-48-46-44-42-40-38-36-34-32-30-28-26-24-22-20-18-16-14-12-10-8-6-4-2/h6,8,12,14-15,17-18,20-21,23-24,26,30,32,36,38,54,56-61,63-67H,3-5,7,9-11,13,16,19,22,25,27-29,31,33-35,37,39-53H2,1-2H3,(H,68,69)/b8-6-,14-12-,17-15-,20-18-,23-21-,26-24-,32-30-,38-36-. The molecule has 0 spiro atoms. The quantitative estimate of drug-likeness (QED) is 0.0146. The van der Waals surface area contributed by atoms with Gasteiger partial charge in [-0.15, -0.1) is 0 Å². The third-order valence-corrected chi connectivity index (χ3v) is 13.9. The molecule has 0 amide bonds. The van der Waals surface area contributed by atoms with Gasteiger partial charge in [0.1, 0.15) is 42.7 Å². The first-order valence-corrected chi connectivity index (χ1v) is 30.6. The number of hydrogen-bond acceptors (Lipinski definition) is 11. The number of ether oxygens (including phenoxy) is 2. The zero-order chi connectivity index (χ0) is 54.0. The number of aliphatic hydroxyl groups is 5. The van der Waals surface area contributed by atoms with Crippen LogP contribution in [0.5, 0.6) is 0 Å². The third kappa shape index (κ3) is 40.5. The lowest BCUT2D eigenvalue weighted by Crippen LogP contribution is -2.64. The highest BCUT2D eigenvalue weighted by Gasteiger charge is 2.51. The molecule has 6 atom stereocenters. The highest BCUT2D eigenvalue weighted by atomic mass is 31.2. The Labute approximate surface area is 449 Å². The third-order valence-electron chi connectivity index (χ3n) is 12.9. The molecule has 0 aromatic carbocycles. The summed E-state index contributed by atoms with van der Waals surface area (Å²) in [5, 5.41) is 50.5. The van der Waals surface area contributed by atoms with Gasteiger partial charge in [0.05, 0.1) is 13.2 Å². The molecule has 6 unspecified atom stereocenters. The van der Waals surface area contributed by atoms with Crippen molar-refractivity contribution in [1.82, 2.24) is 0 Å². The Bertz CT molecular complexity index is 1590. The first kappa shape index (κ1) is 69.3. The van der Waals surface area contributed by atoms with Gasteiger partial charge in [-0.05, 0) is 96.3 Å².